The second-order valence-corrected chi connectivity index (χ2v) is 7.73. The largest absolute Gasteiger partial charge is 0.489 e. The van der Waals surface area contributed by atoms with Gasteiger partial charge in [0.25, 0.3) is 5.91 Å². The van der Waals surface area contributed by atoms with E-state index in [4.69, 9.17) is 4.74 Å². The molecule has 4 rings (SSSR count). The summed E-state index contributed by atoms with van der Waals surface area (Å²) in [5.41, 5.74) is 4.88. The van der Waals surface area contributed by atoms with Crippen LogP contribution in [-0.4, -0.2) is 12.5 Å². The minimum Gasteiger partial charge on any atom is -0.489 e. The van der Waals surface area contributed by atoms with Crippen LogP contribution in [-0.2, 0) is 11.4 Å². The van der Waals surface area contributed by atoms with Crippen LogP contribution in [0.1, 0.15) is 30.5 Å². The lowest BCUT2D eigenvalue weighted by Crippen LogP contribution is -2.30. The van der Waals surface area contributed by atoms with Crippen molar-refractivity contribution < 1.29 is 9.53 Å². The van der Waals surface area contributed by atoms with Crippen molar-refractivity contribution in [2.24, 2.45) is 5.92 Å². The normalized spacial score (nSPS) is 14.5. The predicted molar refractivity (Wildman–Crippen MR) is 119 cm³/mol. The van der Waals surface area contributed by atoms with Crippen LogP contribution in [0.4, 0.5) is 5.69 Å². The third-order valence-electron chi connectivity index (χ3n) is 4.95. The van der Waals surface area contributed by atoms with Gasteiger partial charge in [-0.2, -0.15) is 0 Å². The lowest BCUT2D eigenvalue weighted by molar-refractivity contribution is -0.113. The summed E-state index contributed by atoms with van der Waals surface area (Å²) in [5, 5.41) is 0. The Morgan fingerprint density at radius 3 is 2.31 bits per heavy atom. The van der Waals surface area contributed by atoms with Crippen LogP contribution >= 0.6 is 0 Å². The second-order valence-electron chi connectivity index (χ2n) is 7.73. The number of carbonyl (C=O) groups excluding carboxylic acids is 1. The number of amides is 1. The Kier molecular flexibility index (Phi) is 5.48. The van der Waals surface area contributed by atoms with E-state index >= 15 is 0 Å². The number of anilines is 1. The van der Waals surface area contributed by atoms with Gasteiger partial charge in [0.15, 0.2) is 0 Å². The van der Waals surface area contributed by atoms with Crippen LogP contribution < -0.4 is 9.64 Å². The molecule has 3 aromatic rings. The molecule has 0 atom stereocenters. The van der Waals surface area contributed by atoms with E-state index in [1.807, 2.05) is 89.8 Å². The van der Waals surface area contributed by atoms with Crippen molar-refractivity contribution in [1.29, 1.82) is 0 Å². The van der Waals surface area contributed by atoms with Gasteiger partial charge in [-0.05, 0) is 41.3 Å². The Bertz CT molecular complexity index is 1020. The molecule has 0 radical (unpaired) electrons. The quantitative estimate of drug-likeness (QED) is 0.503. The first-order valence-corrected chi connectivity index (χ1v) is 10.0. The Morgan fingerprint density at radius 1 is 0.897 bits per heavy atom. The molecule has 146 valence electrons. The van der Waals surface area contributed by atoms with Crippen molar-refractivity contribution in [3.8, 4) is 5.75 Å². The molecule has 0 saturated heterocycles. The maximum Gasteiger partial charge on any atom is 0.259 e. The monoisotopic (exact) mass is 383 g/mol. The highest BCUT2D eigenvalue weighted by Gasteiger charge is 2.32. The van der Waals surface area contributed by atoms with Crippen molar-refractivity contribution in [2.75, 3.05) is 11.4 Å². The zero-order valence-electron chi connectivity index (χ0n) is 16.8. The number of ether oxygens (including phenoxy) is 1. The molecule has 0 unspecified atom stereocenters. The number of rotatable bonds is 6. The van der Waals surface area contributed by atoms with Crippen LogP contribution in [0.3, 0.4) is 0 Å². The fourth-order valence-electron chi connectivity index (χ4n) is 3.56. The molecule has 3 aromatic carbocycles. The highest BCUT2D eigenvalue weighted by atomic mass is 16.5. The molecule has 1 aliphatic rings. The Labute approximate surface area is 172 Å². The SMILES string of the molecule is CC(C)CN1C(=O)/C(=C\c2ccc(OCc3ccccc3)cc2)c2ccccc21. The molecule has 0 spiro atoms. The fourth-order valence-corrected chi connectivity index (χ4v) is 3.56. The average Bonchev–Trinajstić information content (AvgIpc) is 2.99. The summed E-state index contributed by atoms with van der Waals surface area (Å²) >= 11 is 0. The van der Waals surface area contributed by atoms with Gasteiger partial charge in [0.05, 0.1) is 5.69 Å². The molecule has 3 heteroatoms. The van der Waals surface area contributed by atoms with Gasteiger partial charge in [-0.15, -0.1) is 0 Å². The Hall–Kier alpha value is -3.33. The van der Waals surface area contributed by atoms with Crippen LogP contribution in [0.5, 0.6) is 5.75 Å². The lowest BCUT2D eigenvalue weighted by Gasteiger charge is -2.19. The smallest absolute Gasteiger partial charge is 0.259 e. The molecular formula is C26H25NO2. The minimum atomic E-state index is 0.0734. The van der Waals surface area contributed by atoms with E-state index in [9.17, 15) is 4.79 Å². The number of nitrogens with zero attached hydrogens (tertiary/aromatic N) is 1. The molecule has 0 bridgehead atoms. The van der Waals surface area contributed by atoms with E-state index in [2.05, 4.69) is 13.8 Å². The number of hydrogen-bond donors (Lipinski definition) is 0. The van der Waals surface area contributed by atoms with Crippen molar-refractivity contribution in [3.05, 3.63) is 95.6 Å². The van der Waals surface area contributed by atoms with Crippen molar-refractivity contribution >= 4 is 23.2 Å². The molecule has 0 aromatic heterocycles. The number of benzene rings is 3. The van der Waals surface area contributed by atoms with E-state index in [0.29, 0.717) is 12.5 Å². The van der Waals surface area contributed by atoms with Gasteiger partial charge in [-0.25, -0.2) is 0 Å². The first kappa shape index (κ1) is 19.0. The maximum atomic E-state index is 13.1. The van der Waals surface area contributed by atoms with Gasteiger partial charge in [0.1, 0.15) is 12.4 Å². The average molecular weight is 383 g/mol. The van der Waals surface area contributed by atoms with Crippen LogP contribution in [0.2, 0.25) is 0 Å². The van der Waals surface area contributed by atoms with Crippen LogP contribution in [0.25, 0.3) is 11.6 Å². The molecule has 1 aliphatic heterocycles. The van der Waals surface area contributed by atoms with Gasteiger partial charge in [0, 0.05) is 17.7 Å². The zero-order chi connectivity index (χ0) is 20.2. The van der Waals surface area contributed by atoms with Gasteiger partial charge in [-0.1, -0.05) is 74.5 Å². The summed E-state index contributed by atoms with van der Waals surface area (Å²) in [4.78, 5) is 15.0. The molecule has 1 heterocycles. The fraction of sp³-hybridized carbons (Fsp3) is 0.192. The number of fused-ring (bicyclic) bond motifs is 1. The molecule has 0 N–H and O–H groups in total. The summed E-state index contributed by atoms with van der Waals surface area (Å²) in [5.74, 6) is 1.30. The van der Waals surface area contributed by atoms with Gasteiger partial charge >= 0.3 is 0 Å². The van der Waals surface area contributed by atoms with Crippen LogP contribution in [0, 0.1) is 5.92 Å². The van der Waals surface area contributed by atoms with Crippen molar-refractivity contribution in [2.45, 2.75) is 20.5 Å². The summed E-state index contributed by atoms with van der Waals surface area (Å²) < 4.78 is 5.86. The van der Waals surface area contributed by atoms with E-state index in [1.54, 1.807) is 0 Å². The molecule has 29 heavy (non-hydrogen) atoms. The van der Waals surface area contributed by atoms with E-state index in [0.717, 1.165) is 40.2 Å². The first-order chi connectivity index (χ1) is 14.1. The molecule has 1 amide bonds. The molecule has 0 saturated carbocycles. The highest BCUT2D eigenvalue weighted by Crippen LogP contribution is 2.38. The summed E-state index contributed by atoms with van der Waals surface area (Å²) in [6, 6.07) is 26.0. The second kappa shape index (κ2) is 8.36. The summed E-state index contributed by atoms with van der Waals surface area (Å²) in [6.45, 7) is 5.52. The zero-order valence-corrected chi connectivity index (χ0v) is 16.8. The Morgan fingerprint density at radius 2 is 1.59 bits per heavy atom. The topological polar surface area (TPSA) is 29.5 Å². The molecule has 0 aliphatic carbocycles. The predicted octanol–water partition coefficient (Wildman–Crippen LogP) is 5.81. The molecular weight excluding hydrogens is 358 g/mol. The van der Waals surface area contributed by atoms with E-state index in [1.165, 1.54) is 0 Å². The number of hydrogen-bond acceptors (Lipinski definition) is 2. The van der Waals surface area contributed by atoms with E-state index in [-0.39, 0.29) is 5.91 Å². The lowest BCUT2D eigenvalue weighted by atomic mass is 10.0. The third-order valence-corrected chi connectivity index (χ3v) is 4.95. The Balaban J connectivity index is 1.53. The first-order valence-electron chi connectivity index (χ1n) is 10.0. The van der Waals surface area contributed by atoms with Gasteiger partial charge in [0.2, 0.25) is 0 Å². The number of para-hydroxylation sites is 1. The van der Waals surface area contributed by atoms with Crippen molar-refractivity contribution in [3.63, 3.8) is 0 Å². The highest BCUT2D eigenvalue weighted by molar-refractivity contribution is 6.35. The van der Waals surface area contributed by atoms with Gasteiger partial charge < -0.3 is 9.64 Å². The van der Waals surface area contributed by atoms with E-state index < -0.39 is 0 Å². The maximum absolute atomic E-state index is 13.1. The van der Waals surface area contributed by atoms with Gasteiger partial charge in [-0.3, -0.25) is 4.79 Å². The van der Waals surface area contributed by atoms with Crippen molar-refractivity contribution in [1.82, 2.24) is 0 Å². The summed E-state index contributed by atoms with van der Waals surface area (Å²) in [6.07, 6.45) is 1.97. The minimum absolute atomic E-state index is 0.0734. The number of carbonyl (C=O) groups is 1. The molecule has 3 nitrogen and oxygen atoms in total. The third kappa shape index (κ3) is 4.24. The molecule has 0 fully saturated rings. The van der Waals surface area contributed by atoms with Crippen LogP contribution in [0.15, 0.2) is 78.9 Å². The standard InChI is InChI=1S/C26H25NO2/c1-19(2)17-27-25-11-7-6-10-23(25)24(26(27)28)16-20-12-14-22(15-13-20)29-18-21-8-4-3-5-9-21/h3-16,19H,17-18H2,1-2H3/b24-16-. The summed E-state index contributed by atoms with van der Waals surface area (Å²) in [7, 11) is 0.